The molecule has 0 bridgehead atoms. The van der Waals surface area contributed by atoms with E-state index in [1.807, 2.05) is 6.08 Å². The summed E-state index contributed by atoms with van der Waals surface area (Å²) in [6.45, 7) is 4.37. The molecule has 11 heteroatoms. The largest absolute Gasteiger partial charge is 0.466 e. The van der Waals surface area contributed by atoms with Gasteiger partial charge in [0.2, 0.25) is 5.91 Å². The van der Waals surface area contributed by atoms with Crippen LogP contribution in [0.5, 0.6) is 0 Å². The van der Waals surface area contributed by atoms with Gasteiger partial charge in [0.05, 0.1) is 32.0 Å². The average molecular weight is 1150 g/mol. The van der Waals surface area contributed by atoms with Crippen molar-refractivity contribution in [1.82, 2.24) is 5.32 Å². The molecule has 0 aromatic carbocycles. The number of ether oxygens (including phenoxy) is 3. The monoisotopic (exact) mass is 1150 g/mol. The highest BCUT2D eigenvalue weighted by Gasteiger charge is 2.44. The Morgan fingerprint density at radius 3 is 1.15 bits per heavy atom. The van der Waals surface area contributed by atoms with Gasteiger partial charge in [-0.05, 0) is 32.1 Å². The number of hydrogen-bond donors (Lipinski definition) is 6. The Morgan fingerprint density at radius 1 is 0.444 bits per heavy atom. The first kappa shape index (κ1) is 77.4. The van der Waals surface area contributed by atoms with Crippen molar-refractivity contribution in [3.8, 4) is 0 Å². The summed E-state index contributed by atoms with van der Waals surface area (Å²) < 4.78 is 16.7. The molecule has 0 spiro atoms. The number of aliphatic hydroxyl groups is 5. The molecule has 1 fully saturated rings. The molecule has 1 saturated heterocycles. The number of allylic oxidation sites excluding steroid dienone is 1. The summed E-state index contributed by atoms with van der Waals surface area (Å²) >= 11 is 0. The van der Waals surface area contributed by atoms with Gasteiger partial charge in [-0.15, -0.1) is 0 Å². The zero-order chi connectivity index (χ0) is 58.7. The summed E-state index contributed by atoms with van der Waals surface area (Å²) in [5.74, 6) is -0.163. The Labute approximate surface area is 499 Å². The third-order valence-corrected chi connectivity index (χ3v) is 17.2. The quantitative estimate of drug-likeness (QED) is 0.0195. The van der Waals surface area contributed by atoms with Gasteiger partial charge in [0.1, 0.15) is 24.4 Å². The van der Waals surface area contributed by atoms with E-state index < -0.39 is 49.5 Å². The van der Waals surface area contributed by atoms with Crippen LogP contribution in [0.3, 0.4) is 0 Å². The number of unbranched alkanes of at least 4 members (excludes halogenated alkanes) is 49. The Hall–Kier alpha value is -1.60. The highest BCUT2D eigenvalue weighted by atomic mass is 16.7. The Bertz CT molecular complexity index is 1350. The van der Waals surface area contributed by atoms with Crippen molar-refractivity contribution in [2.75, 3.05) is 19.8 Å². The lowest BCUT2D eigenvalue weighted by Gasteiger charge is -2.40. The minimum Gasteiger partial charge on any atom is -0.466 e. The molecule has 11 nitrogen and oxygen atoms in total. The second kappa shape index (κ2) is 60.1. The van der Waals surface area contributed by atoms with E-state index in [9.17, 15) is 35.1 Å². The number of carbonyl (C=O) groups excluding carboxylic acids is 2. The van der Waals surface area contributed by atoms with Crippen LogP contribution in [0.1, 0.15) is 361 Å². The molecule has 7 atom stereocenters. The molecule has 1 heterocycles. The van der Waals surface area contributed by atoms with Gasteiger partial charge in [-0.25, -0.2) is 0 Å². The zero-order valence-corrected chi connectivity index (χ0v) is 53.3. The van der Waals surface area contributed by atoms with Crippen LogP contribution in [0.25, 0.3) is 0 Å². The molecule has 7 unspecified atom stereocenters. The number of hydrogen-bond acceptors (Lipinski definition) is 10. The lowest BCUT2D eigenvalue weighted by atomic mass is 9.99. The normalized spacial score (nSPS) is 18.2. The standard InChI is InChI=1S/C70H135NO10/c1-3-5-7-9-11-13-36-40-44-48-52-56-63(73)62(61-80-70-69(78)68(77)67(76)64(60-72)81-70)71-65(74)57-53-49-45-41-38-34-32-30-28-26-24-22-20-18-16-15-17-19-21-23-25-27-29-31-33-35-39-43-47-51-55-59-79-66(75)58-54-50-46-42-37-14-12-10-8-6-4-2/h52,56,62-64,67-70,72-73,76-78H,3-51,53-55,57-61H2,1-2H3,(H,71,74)/b56-52+. The van der Waals surface area contributed by atoms with Gasteiger partial charge in [0, 0.05) is 12.8 Å². The molecular weight excluding hydrogens is 1010 g/mol. The van der Waals surface area contributed by atoms with Crippen LogP contribution in [0, 0.1) is 0 Å². The maximum atomic E-state index is 13.0. The fourth-order valence-corrected chi connectivity index (χ4v) is 11.6. The molecule has 0 saturated carbocycles. The third kappa shape index (κ3) is 49.2. The molecule has 1 aliphatic heterocycles. The fraction of sp³-hybridized carbons (Fsp3) is 0.943. The van der Waals surface area contributed by atoms with E-state index in [0.29, 0.717) is 19.4 Å². The molecular formula is C70H135NO10. The number of amides is 1. The summed E-state index contributed by atoms with van der Waals surface area (Å²) in [7, 11) is 0. The van der Waals surface area contributed by atoms with E-state index in [1.54, 1.807) is 6.08 Å². The zero-order valence-electron chi connectivity index (χ0n) is 53.3. The van der Waals surface area contributed by atoms with Crippen molar-refractivity contribution >= 4 is 11.9 Å². The number of aliphatic hydroxyl groups excluding tert-OH is 5. The number of rotatable bonds is 63. The molecule has 0 aliphatic carbocycles. The van der Waals surface area contributed by atoms with Crippen LogP contribution >= 0.6 is 0 Å². The maximum Gasteiger partial charge on any atom is 0.305 e. The highest BCUT2D eigenvalue weighted by Crippen LogP contribution is 2.23. The van der Waals surface area contributed by atoms with Crippen LogP contribution in [0.15, 0.2) is 12.2 Å². The summed E-state index contributed by atoms with van der Waals surface area (Å²) in [5, 5.41) is 54.4. The second-order valence-corrected chi connectivity index (χ2v) is 25.0. The third-order valence-electron chi connectivity index (χ3n) is 17.2. The fourth-order valence-electron chi connectivity index (χ4n) is 11.6. The minimum absolute atomic E-state index is 0.0131. The van der Waals surface area contributed by atoms with Crippen LogP contribution in [0.2, 0.25) is 0 Å². The van der Waals surface area contributed by atoms with Crippen LogP contribution < -0.4 is 5.32 Å². The molecule has 0 aromatic heterocycles. The van der Waals surface area contributed by atoms with Crippen LogP contribution in [0.4, 0.5) is 0 Å². The van der Waals surface area contributed by atoms with Gasteiger partial charge in [-0.3, -0.25) is 9.59 Å². The van der Waals surface area contributed by atoms with Crippen molar-refractivity contribution in [2.45, 2.75) is 403 Å². The van der Waals surface area contributed by atoms with Crippen molar-refractivity contribution in [2.24, 2.45) is 0 Å². The molecule has 480 valence electrons. The SMILES string of the molecule is CCCCCCCCCCC/C=C/C(O)C(COC1OC(CO)C(O)C(O)C1O)NC(=O)CCCCCCCCCCCCCCCCCCCCCCCCCCCCCCCCCOC(=O)CCCCCCCCCCCCC. The number of esters is 1. The van der Waals surface area contributed by atoms with E-state index in [-0.39, 0.29) is 18.5 Å². The molecule has 1 rings (SSSR count). The average Bonchev–Trinajstić information content (AvgIpc) is 3.47. The molecule has 81 heavy (non-hydrogen) atoms. The number of nitrogens with one attached hydrogen (secondary N) is 1. The van der Waals surface area contributed by atoms with Gasteiger partial charge in [-0.2, -0.15) is 0 Å². The van der Waals surface area contributed by atoms with Crippen molar-refractivity contribution in [1.29, 1.82) is 0 Å². The predicted molar refractivity (Wildman–Crippen MR) is 338 cm³/mol. The smallest absolute Gasteiger partial charge is 0.305 e. The van der Waals surface area contributed by atoms with Gasteiger partial charge >= 0.3 is 5.97 Å². The molecule has 0 aromatic rings. The Kier molecular flexibility index (Phi) is 57.4. The Morgan fingerprint density at radius 2 is 0.778 bits per heavy atom. The van der Waals surface area contributed by atoms with E-state index >= 15 is 0 Å². The summed E-state index contributed by atoms with van der Waals surface area (Å²) in [5.41, 5.74) is 0. The molecule has 1 aliphatic rings. The van der Waals surface area contributed by atoms with Gasteiger partial charge in [-0.1, -0.05) is 328 Å². The first-order valence-electron chi connectivity index (χ1n) is 35.5. The maximum absolute atomic E-state index is 13.0. The van der Waals surface area contributed by atoms with E-state index in [4.69, 9.17) is 14.2 Å². The van der Waals surface area contributed by atoms with Crippen LogP contribution in [-0.4, -0.2) is 100 Å². The van der Waals surface area contributed by atoms with Crippen molar-refractivity contribution in [3.63, 3.8) is 0 Å². The molecule has 6 N–H and O–H groups in total. The first-order valence-corrected chi connectivity index (χ1v) is 35.5. The summed E-state index contributed by atoms with van der Waals surface area (Å²) in [6, 6.07) is -0.805. The van der Waals surface area contributed by atoms with Gasteiger partial charge in [0.15, 0.2) is 6.29 Å². The second-order valence-electron chi connectivity index (χ2n) is 25.0. The summed E-state index contributed by atoms with van der Waals surface area (Å²) in [6.07, 6.45) is 63.6. The van der Waals surface area contributed by atoms with Gasteiger partial charge < -0.3 is 45.1 Å². The van der Waals surface area contributed by atoms with E-state index in [1.165, 1.54) is 283 Å². The molecule has 1 amide bonds. The lowest BCUT2D eigenvalue weighted by molar-refractivity contribution is -0.302. The van der Waals surface area contributed by atoms with Gasteiger partial charge in [0.25, 0.3) is 0 Å². The van der Waals surface area contributed by atoms with Crippen molar-refractivity contribution < 1.29 is 49.3 Å². The van der Waals surface area contributed by atoms with E-state index in [2.05, 4.69) is 19.2 Å². The van der Waals surface area contributed by atoms with Crippen molar-refractivity contribution in [3.05, 3.63) is 12.2 Å². The van der Waals surface area contributed by atoms with Crippen LogP contribution in [-0.2, 0) is 23.8 Å². The lowest BCUT2D eigenvalue weighted by Crippen LogP contribution is -2.60. The van der Waals surface area contributed by atoms with E-state index in [0.717, 1.165) is 51.4 Å². The molecule has 0 radical (unpaired) electrons. The minimum atomic E-state index is -1.57. The topological polar surface area (TPSA) is 175 Å². The number of carbonyl (C=O) groups is 2. The first-order chi connectivity index (χ1) is 39.7. The highest BCUT2D eigenvalue weighted by molar-refractivity contribution is 5.76. The Balaban J connectivity index is 1.92. The predicted octanol–water partition coefficient (Wildman–Crippen LogP) is 17.9. The summed E-state index contributed by atoms with van der Waals surface area (Å²) in [4.78, 5) is 25.1.